The molecular weight excluding hydrogens is 418 g/mol. The van der Waals surface area contributed by atoms with Crippen molar-refractivity contribution in [3.63, 3.8) is 0 Å². The monoisotopic (exact) mass is 448 g/mol. The van der Waals surface area contributed by atoms with Crippen molar-refractivity contribution in [2.75, 3.05) is 26.7 Å². The van der Waals surface area contributed by atoms with Gasteiger partial charge in [0.1, 0.15) is 0 Å². The van der Waals surface area contributed by atoms with Crippen molar-refractivity contribution >= 4 is 23.7 Å². The van der Waals surface area contributed by atoms with E-state index >= 15 is 0 Å². The van der Waals surface area contributed by atoms with E-state index in [2.05, 4.69) is 16.7 Å². The first-order chi connectivity index (χ1) is 15.8. The molecule has 2 atom stereocenters. The van der Waals surface area contributed by atoms with Crippen LogP contribution in [-0.4, -0.2) is 81.8 Å². The van der Waals surface area contributed by atoms with Crippen molar-refractivity contribution in [2.24, 2.45) is 10.7 Å². The Labute approximate surface area is 194 Å². The quantitative estimate of drug-likeness (QED) is 0.554. The summed E-state index contributed by atoms with van der Waals surface area (Å²) < 4.78 is 2.12. The molecule has 2 saturated heterocycles. The smallest absolute Gasteiger partial charge is 0.325 e. The molecular formula is C24H30N7O2+. The third-order valence-electron chi connectivity index (χ3n) is 6.29. The van der Waals surface area contributed by atoms with Gasteiger partial charge in [-0.1, -0.05) is 34.8 Å². The minimum atomic E-state index is -0.703. The Morgan fingerprint density at radius 2 is 2.09 bits per heavy atom. The first-order valence-corrected chi connectivity index (χ1v) is 11.2. The maximum absolute atomic E-state index is 13.7. The zero-order valence-electron chi connectivity index (χ0n) is 19.4. The third kappa shape index (κ3) is 4.26. The van der Waals surface area contributed by atoms with Gasteiger partial charge in [-0.2, -0.15) is 5.26 Å². The summed E-state index contributed by atoms with van der Waals surface area (Å²) in [6.07, 6.45) is 3.97. The zero-order chi connectivity index (χ0) is 23.7. The van der Waals surface area contributed by atoms with Crippen LogP contribution in [0.5, 0.6) is 0 Å². The summed E-state index contributed by atoms with van der Waals surface area (Å²) in [5.41, 5.74) is 8.43. The molecule has 2 fully saturated rings. The van der Waals surface area contributed by atoms with E-state index in [9.17, 15) is 14.9 Å². The van der Waals surface area contributed by atoms with Gasteiger partial charge >= 0.3 is 12.0 Å². The van der Waals surface area contributed by atoms with Crippen LogP contribution in [0.2, 0.25) is 0 Å². The lowest BCUT2D eigenvalue weighted by Crippen LogP contribution is -2.63. The number of nitrogens with two attached hydrogens (primary N) is 1. The largest absolute Gasteiger partial charge is 0.392 e. The molecule has 3 aliphatic heterocycles. The molecule has 3 aliphatic rings. The second kappa shape index (κ2) is 9.16. The first-order valence-electron chi connectivity index (χ1n) is 11.2. The fourth-order valence-electron chi connectivity index (χ4n) is 4.50. The van der Waals surface area contributed by atoms with Crippen LogP contribution >= 0.6 is 0 Å². The molecule has 0 aromatic heterocycles. The molecule has 1 aromatic rings. The molecule has 0 bridgehead atoms. The van der Waals surface area contributed by atoms with Crippen LogP contribution in [0.3, 0.4) is 0 Å². The topological polar surface area (TPSA) is 109 Å². The van der Waals surface area contributed by atoms with Crippen LogP contribution in [0, 0.1) is 11.3 Å². The number of rotatable bonds is 4. The second-order valence-corrected chi connectivity index (χ2v) is 8.99. The number of carbonyl (C=O) groups excluding carboxylic acids is 2. The summed E-state index contributed by atoms with van der Waals surface area (Å²) in [4.78, 5) is 36.3. The molecule has 0 spiro atoms. The van der Waals surface area contributed by atoms with Crippen molar-refractivity contribution < 1.29 is 14.2 Å². The lowest BCUT2D eigenvalue weighted by atomic mass is 10.1. The lowest BCUT2D eigenvalue weighted by molar-refractivity contribution is -0.544. The van der Waals surface area contributed by atoms with E-state index in [-0.39, 0.29) is 18.5 Å². The number of carbonyl (C=O) groups is 2. The molecule has 4 rings (SSSR count). The number of amidine groups is 1. The van der Waals surface area contributed by atoms with Crippen LogP contribution in [0.15, 0.2) is 40.9 Å². The number of imide groups is 1. The van der Waals surface area contributed by atoms with Gasteiger partial charge in [0.25, 0.3) is 5.91 Å². The molecule has 1 aromatic carbocycles. The maximum Gasteiger partial charge on any atom is 0.392 e. The molecule has 2 N–H and O–H groups in total. The van der Waals surface area contributed by atoms with Crippen LogP contribution in [0.1, 0.15) is 37.8 Å². The highest BCUT2D eigenvalue weighted by Crippen LogP contribution is 2.26. The molecule has 3 amide bonds. The van der Waals surface area contributed by atoms with E-state index in [1.54, 1.807) is 31.3 Å². The standard InChI is InChI=1S/C24H30N7O2/c1-16(2)10-12-30-20-21(27-23(30)29-11-6-9-19(26)15-29)28(3)24(33)31(22(20)32)14-18-8-5-4-7-17(18)13-25/h4-5,7-8,10,19-20H,6,9,11-12,14-15,26H2,1-3H3/q+1/t19-,20?/m0/s1. The SMILES string of the molecule is CC(C)=CCN1C(=[N+]2CCC[C@H](N)C2)N=C2C1C(=O)N(Cc1ccccc1C#N)C(=O)N2C. The number of hydrogen-bond acceptors (Lipinski definition) is 4. The van der Waals surface area contributed by atoms with E-state index in [0.717, 1.165) is 25.0 Å². The summed E-state index contributed by atoms with van der Waals surface area (Å²) in [5, 5.41) is 9.44. The number of likely N-dealkylation sites (N-methyl/N-ethyl adjacent to an activating group) is 1. The second-order valence-electron chi connectivity index (χ2n) is 8.99. The van der Waals surface area contributed by atoms with Crippen molar-refractivity contribution in [1.82, 2.24) is 14.7 Å². The zero-order valence-corrected chi connectivity index (χ0v) is 19.4. The first kappa shape index (κ1) is 22.7. The number of amides is 3. The molecule has 0 saturated carbocycles. The van der Waals surface area contributed by atoms with Crippen LogP contribution < -0.4 is 5.73 Å². The highest BCUT2D eigenvalue weighted by atomic mass is 16.2. The van der Waals surface area contributed by atoms with Crippen LogP contribution in [0.4, 0.5) is 4.79 Å². The average molecular weight is 449 g/mol. The van der Waals surface area contributed by atoms with E-state index in [4.69, 9.17) is 10.7 Å². The van der Waals surface area contributed by atoms with E-state index in [1.807, 2.05) is 18.7 Å². The highest BCUT2D eigenvalue weighted by molar-refractivity contribution is 6.25. The van der Waals surface area contributed by atoms with E-state index in [0.29, 0.717) is 36.0 Å². The van der Waals surface area contributed by atoms with Gasteiger partial charge in [0.2, 0.25) is 11.9 Å². The van der Waals surface area contributed by atoms with Gasteiger partial charge in [-0.15, -0.1) is 0 Å². The molecule has 0 aliphatic carbocycles. The molecule has 9 heteroatoms. The van der Waals surface area contributed by atoms with Gasteiger partial charge < -0.3 is 5.73 Å². The molecule has 0 radical (unpaired) electrons. The number of nitrogens with zero attached hydrogens (tertiary/aromatic N) is 6. The number of nitriles is 1. The lowest BCUT2D eigenvalue weighted by Gasteiger charge is -2.35. The van der Waals surface area contributed by atoms with Gasteiger partial charge in [0.05, 0.1) is 37.8 Å². The number of hydrogen-bond donors (Lipinski definition) is 1. The summed E-state index contributed by atoms with van der Waals surface area (Å²) in [6.45, 7) is 6.03. The number of aliphatic imine (C=N–C) groups is 1. The normalized spacial score (nSPS) is 25.1. The summed E-state index contributed by atoms with van der Waals surface area (Å²) in [6, 6.07) is 8.07. The minimum absolute atomic E-state index is 0.0376. The van der Waals surface area contributed by atoms with E-state index in [1.165, 1.54) is 9.80 Å². The molecule has 3 heterocycles. The van der Waals surface area contributed by atoms with Crippen molar-refractivity contribution in [3.8, 4) is 6.07 Å². The predicted molar refractivity (Wildman–Crippen MR) is 124 cm³/mol. The average Bonchev–Trinajstić information content (AvgIpc) is 3.19. The Kier molecular flexibility index (Phi) is 6.29. The Bertz CT molecular complexity index is 1110. The number of allylic oxidation sites excluding steroid dienone is 1. The molecule has 1 unspecified atom stereocenters. The predicted octanol–water partition coefficient (Wildman–Crippen LogP) is 1.49. The number of guanidine groups is 1. The summed E-state index contributed by atoms with van der Waals surface area (Å²) in [5.74, 6) is 0.795. The number of benzene rings is 1. The number of fused-ring (bicyclic) bond motifs is 1. The minimum Gasteiger partial charge on any atom is -0.325 e. The van der Waals surface area contributed by atoms with Crippen LogP contribution in [0.25, 0.3) is 0 Å². The highest BCUT2D eigenvalue weighted by Gasteiger charge is 2.55. The van der Waals surface area contributed by atoms with Crippen molar-refractivity contribution in [1.29, 1.82) is 5.26 Å². The van der Waals surface area contributed by atoms with Crippen LogP contribution in [-0.2, 0) is 11.3 Å². The van der Waals surface area contributed by atoms with Crippen molar-refractivity contribution in [3.05, 3.63) is 47.0 Å². The number of piperidine rings is 1. The fourth-order valence-corrected chi connectivity index (χ4v) is 4.50. The van der Waals surface area contributed by atoms with Gasteiger partial charge in [0.15, 0.2) is 0 Å². The maximum atomic E-state index is 13.7. The van der Waals surface area contributed by atoms with Crippen molar-refractivity contribution in [2.45, 2.75) is 45.3 Å². The summed E-state index contributed by atoms with van der Waals surface area (Å²) >= 11 is 0. The van der Waals surface area contributed by atoms with Gasteiger partial charge in [-0.05, 0) is 38.3 Å². The Morgan fingerprint density at radius 1 is 1.33 bits per heavy atom. The molecule has 33 heavy (non-hydrogen) atoms. The molecule has 9 nitrogen and oxygen atoms in total. The fraction of sp³-hybridized carbons (Fsp3) is 0.458. The Balaban J connectivity index is 1.73. The molecule has 172 valence electrons. The van der Waals surface area contributed by atoms with E-state index < -0.39 is 12.1 Å². The van der Waals surface area contributed by atoms with Gasteiger partial charge in [-0.25, -0.2) is 9.69 Å². The summed E-state index contributed by atoms with van der Waals surface area (Å²) in [7, 11) is 1.65. The third-order valence-corrected chi connectivity index (χ3v) is 6.29. The Hall–Kier alpha value is -3.51. The van der Waals surface area contributed by atoms with Gasteiger partial charge in [0, 0.05) is 13.1 Å². The van der Waals surface area contributed by atoms with Gasteiger partial charge in [-0.3, -0.25) is 19.2 Å². The number of urea groups is 1. The Morgan fingerprint density at radius 3 is 2.79 bits per heavy atom.